The number of aromatic nitrogens is 1. The van der Waals surface area contributed by atoms with E-state index in [9.17, 15) is 4.79 Å². The minimum absolute atomic E-state index is 0. The molecule has 3 rings (SSSR count). The second kappa shape index (κ2) is 9.36. The van der Waals surface area contributed by atoms with E-state index in [1.807, 2.05) is 21.9 Å². The van der Waals surface area contributed by atoms with Gasteiger partial charge in [0.05, 0.1) is 0 Å². The van der Waals surface area contributed by atoms with Crippen LogP contribution in [0.2, 0.25) is 0 Å². The molecule has 1 saturated heterocycles. The van der Waals surface area contributed by atoms with E-state index < -0.39 is 0 Å². The van der Waals surface area contributed by atoms with Gasteiger partial charge in [-0.3, -0.25) is 4.79 Å². The van der Waals surface area contributed by atoms with Gasteiger partial charge in [-0.05, 0) is 41.7 Å². The Morgan fingerprint density at radius 3 is 2.19 bits per heavy atom. The van der Waals surface area contributed by atoms with Crippen molar-refractivity contribution in [2.75, 3.05) is 13.1 Å². The Kier molecular flexibility index (Phi) is 7.43. The van der Waals surface area contributed by atoms with Crippen LogP contribution in [0.3, 0.4) is 0 Å². The number of likely N-dealkylation sites (tertiary alicyclic amines) is 1. The molecule has 0 unspecified atom stereocenters. The van der Waals surface area contributed by atoms with Crippen molar-refractivity contribution in [1.82, 2.24) is 4.90 Å². The van der Waals surface area contributed by atoms with Gasteiger partial charge in [0.25, 0.3) is 5.91 Å². The largest absolute Gasteiger partial charge is 1.00 e. The van der Waals surface area contributed by atoms with Crippen molar-refractivity contribution in [3.63, 3.8) is 0 Å². The summed E-state index contributed by atoms with van der Waals surface area (Å²) in [4.78, 5) is 14.7. The maximum absolute atomic E-state index is 12.6. The summed E-state index contributed by atoms with van der Waals surface area (Å²) in [5.74, 6) is 0.928. The zero-order valence-electron chi connectivity index (χ0n) is 16.7. The van der Waals surface area contributed by atoms with Gasteiger partial charge in [-0.15, -0.1) is 0 Å². The quantitative estimate of drug-likeness (QED) is 0.712. The summed E-state index contributed by atoms with van der Waals surface area (Å²) in [6.07, 6.45) is 7.40. The average molecular weight is 387 g/mol. The lowest BCUT2D eigenvalue weighted by molar-refractivity contribution is -0.685. The number of benzene rings is 1. The van der Waals surface area contributed by atoms with E-state index >= 15 is 0 Å². The van der Waals surface area contributed by atoms with Crippen molar-refractivity contribution in [1.29, 1.82) is 0 Å². The van der Waals surface area contributed by atoms with Gasteiger partial charge in [0.2, 0.25) is 6.54 Å². The molecule has 0 radical (unpaired) electrons. The Bertz CT molecular complexity index is 714. The lowest BCUT2D eigenvalue weighted by atomic mass is 9.88. The molecule has 4 heteroatoms. The standard InChI is InChI=1S/C23H31N2O.ClH/c1-23(2,3)21-11-13-24(14-12-21)18-22(26)25-15-9-20(10-16-25)17-19-7-5-4-6-8-19;/h4-8,11-14,20H,9-10,15-18H2,1-3H3;1H/q+1;/p-1. The smallest absolute Gasteiger partial charge is 0.288 e. The van der Waals surface area contributed by atoms with E-state index in [-0.39, 0.29) is 23.7 Å². The third-order valence-corrected chi connectivity index (χ3v) is 5.41. The first-order valence-electron chi connectivity index (χ1n) is 9.73. The zero-order chi connectivity index (χ0) is 18.6. The Balaban J connectivity index is 0.00000261. The monoisotopic (exact) mass is 386 g/mol. The molecule has 0 N–H and O–H groups in total. The van der Waals surface area contributed by atoms with Gasteiger partial charge in [0.1, 0.15) is 0 Å². The summed E-state index contributed by atoms with van der Waals surface area (Å²) in [5, 5.41) is 0. The lowest BCUT2D eigenvalue weighted by Crippen LogP contribution is -3.00. The minimum Gasteiger partial charge on any atom is -1.00 e. The van der Waals surface area contributed by atoms with Crippen molar-refractivity contribution < 1.29 is 21.8 Å². The van der Waals surface area contributed by atoms with E-state index in [1.165, 1.54) is 11.1 Å². The highest BCUT2D eigenvalue weighted by Crippen LogP contribution is 2.22. The molecule has 0 spiro atoms. The van der Waals surface area contributed by atoms with E-state index in [0.717, 1.165) is 32.4 Å². The normalized spacial score (nSPS) is 15.3. The number of halogens is 1. The number of carbonyl (C=O) groups excluding carboxylic acids is 1. The second-order valence-corrected chi connectivity index (χ2v) is 8.52. The number of nitrogens with zero attached hydrogens (tertiary/aromatic N) is 2. The van der Waals surface area contributed by atoms with Gasteiger partial charge < -0.3 is 17.3 Å². The molecule has 2 heterocycles. The Morgan fingerprint density at radius 2 is 1.63 bits per heavy atom. The highest BCUT2D eigenvalue weighted by molar-refractivity contribution is 5.74. The van der Waals surface area contributed by atoms with Crippen LogP contribution in [0.4, 0.5) is 0 Å². The van der Waals surface area contributed by atoms with Crippen LogP contribution in [0.1, 0.15) is 44.7 Å². The fourth-order valence-electron chi connectivity index (χ4n) is 3.65. The zero-order valence-corrected chi connectivity index (χ0v) is 17.5. The Hall–Kier alpha value is -1.87. The molecule has 1 amide bonds. The predicted molar refractivity (Wildman–Crippen MR) is 105 cm³/mol. The third-order valence-electron chi connectivity index (χ3n) is 5.41. The summed E-state index contributed by atoms with van der Waals surface area (Å²) in [5.41, 5.74) is 2.85. The molecule has 1 fully saturated rings. The molecule has 1 aliphatic rings. The molecule has 2 aromatic rings. The number of hydrogen-bond donors (Lipinski definition) is 0. The van der Waals surface area contributed by atoms with Crippen LogP contribution in [0, 0.1) is 5.92 Å². The highest BCUT2D eigenvalue weighted by atomic mass is 35.5. The molecule has 27 heavy (non-hydrogen) atoms. The summed E-state index contributed by atoms with van der Waals surface area (Å²) < 4.78 is 1.99. The van der Waals surface area contributed by atoms with Crippen molar-refractivity contribution in [3.05, 3.63) is 66.0 Å². The summed E-state index contributed by atoms with van der Waals surface area (Å²) >= 11 is 0. The first kappa shape index (κ1) is 21.4. The van der Waals surface area contributed by atoms with Gasteiger partial charge in [-0.25, -0.2) is 0 Å². The maximum atomic E-state index is 12.6. The fourth-order valence-corrected chi connectivity index (χ4v) is 3.65. The maximum Gasteiger partial charge on any atom is 0.288 e. The molecule has 0 saturated carbocycles. The first-order valence-corrected chi connectivity index (χ1v) is 9.73. The average Bonchev–Trinajstić information content (AvgIpc) is 2.63. The lowest BCUT2D eigenvalue weighted by Gasteiger charge is -2.31. The van der Waals surface area contributed by atoms with E-state index in [4.69, 9.17) is 0 Å². The predicted octanol–water partition coefficient (Wildman–Crippen LogP) is 0.757. The van der Waals surface area contributed by atoms with Crippen LogP contribution in [0.25, 0.3) is 0 Å². The molecular formula is C23H31ClN2O. The van der Waals surface area contributed by atoms with Crippen molar-refractivity contribution in [2.24, 2.45) is 5.92 Å². The molecule has 146 valence electrons. The van der Waals surface area contributed by atoms with E-state index in [1.54, 1.807) is 0 Å². The van der Waals surface area contributed by atoms with Gasteiger partial charge in [0.15, 0.2) is 12.4 Å². The molecule has 0 bridgehead atoms. The number of rotatable bonds is 4. The number of carbonyl (C=O) groups is 1. The SMILES string of the molecule is CC(C)(C)c1cc[n+](CC(=O)N2CCC(Cc3ccccc3)CC2)cc1.[Cl-]. The van der Waals surface area contributed by atoms with Crippen LogP contribution in [-0.2, 0) is 23.2 Å². The Morgan fingerprint density at radius 1 is 1.04 bits per heavy atom. The summed E-state index contributed by atoms with van der Waals surface area (Å²) in [6.45, 7) is 8.83. The van der Waals surface area contributed by atoms with E-state index in [0.29, 0.717) is 12.5 Å². The topological polar surface area (TPSA) is 24.2 Å². The number of hydrogen-bond acceptors (Lipinski definition) is 1. The number of piperidine rings is 1. The molecule has 1 aromatic carbocycles. The minimum atomic E-state index is 0. The van der Waals surface area contributed by atoms with Crippen LogP contribution < -0.4 is 17.0 Å². The molecule has 1 aromatic heterocycles. The van der Waals surface area contributed by atoms with Crippen LogP contribution in [0.15, 0.2) is 54.9 Å². The van der Waals surface area contributed by atoms with Crippen molar-refractivity contribution in [3.8, 4) is 0 Å². The van der Waals surface area contributed by atoms with Crippen LogP contribution in [0.5, 0.6) is 0 Å². The highest BCUT2D eigenvalue weighted by Gasteiger charge is 2.25. The Labute approximate surface area is 169 Å². The van der Waals surface area contributed by atoms with Gasteiger partial charge in [-0.1, -0.05) is 51.1 Å². The first-order chi connectivity index (χ1) is 12.4. The number of pyridine rings is 1. The van der Waals surface area contributed by atoms with E-state index in [2.05, 4.69) is 63.2 Å². The second-order valence-electron chi connectivity index (χ2n) is 8.52. The number of amides is 1. The summed E-state index contributed by atoms with van der Waals surface area (Å²) in [6, 6.07) is 14.9. The molecule has 3 nitrogen and oxygen atoms in total. The van der Waals surface area contributed by atoms with Crippen LogP contribution in [-0.4, -0.2) is 23.9 Å². The van der Waals surface area contributed by atoms with Crippen molar-refractivity contribution >= 4 is 5.91 Å². The summed E-state index contributed by atoms with van der Waals surface area (Å²) in [7, 11) is 0. The van der Waals surface area contributed by atoms with Gasteiger partial charge >= 0.3 is 0 Å². The van der Waals surface area contributed by atoms with Gasteiger partial charge in [0, 0.05) is 25.2 Å². The molecule has 0 aliphatic carbocycles. The van der Waals surface area contributed by atoms with Crippen LogP contribution >= 0.6 is 0 Å². The third kappa shape index (κ3) is 6.07. The van der Waals surface area contributed by atoms with Gasteiger partial charge in [-0.2, -0.15) is 4.57 Å². The molecular weight excluding hydrogens is 356 g/mol. The fraction of sp³-hybridized carbons (Fsp3) is 0.478. The van der Waals surface area contributed by atoms with Crippen molar-refractivity contribution in [2.45, 2.75) is 52.0 Å². The molecule has 0 atom stereocenters. The molecule has 1 aliphatic heterocycles.